The van der Waals surface area contributed by atoms with Crippen molar-refractivity contribution in [1.29, 1.82) is 0 Å². The van der Waals surface area contributed by atoms with Gasteiger partial charge in [-0.2, -0.15) is 0 Å². The first-order valence-electron chi connectivity index (χ1n) is 7.92. The Hall–Kier alpha value is -2.33. The van der Waals surface area contributed by atoms with Crippen LogP contribution < -0.4 is 4.74 Å². The number of benzene rings is 2. The molecule has 1 fully saturated rings. The molecule has 2 aromatic rings. The Balaban J connectivity index is 1.50. The van der Waals surface area contributed by atoms with Crippen LogP contribution in [0.5, 0.6) is 5.75 Å². The molecule has 1 heterocycles. The monoisotopic (exact) mass is 311 g/mol. The number of hydrogen-bond donors (Lipinski definition) is 0. The van der Waals surface area contributed by atoms with Crippen molar-refractivity contribution in [2.45, 2.75) is 12.5 Å². The number of morpholine rings is 1. The van der Waals surface area contributed by atoms with Gasteiger partial charge in [-0.25, -0.2) is 0 Å². The fourth-order valence-electron chi connectivity index (χ4n) is 2.70. The molecule has 0 aliphatic carbocycles. The highest BCUT2D eigenvalue weighted by atomic mass is 16.5. The third kappa shape index (κ3) is 4.57. The first kappa shape index (κ1) is 15.6. The maximum atomic E-state index is 12.3. The van der Waals surface area contributed by atoms with E-state index >= 15 is 0 Å². The van der Waals surface area contributed by atoms with Gasteiger partial charge in [0, 0.05) is 19.5 Å². The smallest absolute Gasteiger partial charge is 0.260 e. The summed E-state index contributed by atoms with van der Waals surface area (Å²) in [5.74, 6) is 0.727. The zero-order valence-corrected chi connectivity index (χ0v) is 13.1. The second-order valence-corrected chi connectivity index (χ2v) is 5.62. The molecule has 0 spiro atoms. The van der Waals surface area contributed by atoms with Crippen LogP contribution in [0.2, 0.25) is 0 Å². The molecular formula is C19H21NO3. The van der Waals surface area contributed by atoms with Crippen molar-refractivity contribution < 1.29 is 14.3 Å². The fraction of sp³-hybridized carbons (Fsp3) is 0.316. The van der Waals surface area contributed by atoms with Crippen LogP contribution in [0.15, 0.2) is 60.7 Å². The van der Waals surface area contributed by atoms with E-state index in [1.54, 1.807) is 0 Å². The summed E-state index contributed by atoms with van der Waals surface area (Å²) >= 11 is 0. The Bertz CT molecular complexity index is 615. The fourth-order valence-corrected chi connectivity index (χ4v) is 2.70. The van der Waals surface area contributed by atoms with Crippen LogP contribution in [0.4, 0.5) is 0 Å². The number of rotatable bonds is 5. The summed E-state index contributed by atoms with van der Waals surface area (Å²) in [5.41, 5.74) is 1.23. The second kappa shape index (κ2) is 7.79. The van der Waals surface area contributed by atoms with E-state index in [9.17, 15) is 4.79 Å². The van der Waals surface area contributed by atoms with Crippen molar-refractivity contribution in [3.8, 4) is 5.75 Å². The van der Waals surface area contributed by atoms with E-state index < -0.39 is 0 Å². The van der Waals surface area contributed by atoms with Crippen molar-refractivity contribution >= 4 is 5.91 Å². The Labute approximate surface area is 136 Å². The molecule has 1 amide bonds. The molecule has 120 valence electrons. The third-order valence-corrected chi connectivity index (χ3v) is 3.90. The molecule has 0 saturated carbocycles. The molecular weight excluding hydrogens is 290 g/mol. The van der Waals surface area contributed by atoms with Gasteiger partial charge in [0.15, 0.2) is 6.61 Å². The molecule has 1 saturated heterocycles. The van der Waals surface area contributed by atoms with Gasteiger partial charge in [0.25, 0.3) is 5.91 Å². The number of carbonyl (C=O) groups is 1. The summed E-state index contributed by atoms with van der Waals surface area (Å²) in [6.45, 7) is 1.89. The molecule has 0 N–H and O–H groups in total. The maximum absolute atomic E-state index is 12.3. The molecule has 4 nitrogen and oxygen atoms in total. The minimum absolute atomic E-state index is 0.00946. The lowest BCUT2D eigenvalue weighted by molar-refractivity contribution is -0.140. The van der Waals surface area contributed by atoms with Crippen LogP contribution in [-0.2, 0) is 16.0 Å². The van der Waals surface area contributed by atoms with Crippen molar-refractivity contribution in [2.24, 2.45) is 0 Å². The molecule has 1 atom stereocenters. The van der Waals surface area contributed by atoms with Crippen molar-refractivity contribution in [3.05, 3.63) is 66.2 Å². The van der Waals surface area contributed by atoms with Crippen molar-refractivity contribution in [3.63, 3.8) is 0 Å². The molecule has 23 heavy (non-hydrogen) atoms. The molecule has 0 bridgehead atoms. The van der Waals surface area contributed by atoms with Crippen LogP contribution >= 0.6 is 0 Å². The van der Waals surface area contributed by atoms with Gasteiger partial charge in [0.05, 0.1) is 12.7 Å². The summed E-state index contributed by atoms with van der Waals surface area (Å²) in [6.07, 6.45) is 0.872. The average Bonchev–Trinajstić information content (AvgIpc) is 2.62. The van der Waals surface area contributed by atoms with Gasteiger partial charge < -0.3 is 14.4 Å². The van der Waals surface area contributed by atoms with Gasteiger partial charge in [-0.05, 0) is 17.7 Å². The van der Waals surface area contributed by atoms with Crippen LogP contribution in [0, 0.1) is 0 Å². The summed E-state index contributed by atoms with van der Waals surface area (Å²) in [5, 5.41) is 0. The summed E-state index contributed by atoms with van der Waals surface area (Å²) < 4.78 is 11.3. The van der Waals surface area contributed by atoms with Gasteiger partial charge in [0.1, 0.15) is 5.75 Å². The predicted molar refractivity (Wildman–Crippen MR) is 88.4 cm³/mol. The Morgan fingerprint density at radius 3 is 2.52 bits per heavy atom. The first-order chi connectivity index (χ1) is 11.3. The number of ether oxygens (including phenoxy) is 2. The molecule has 2 aromatic carbocycles. The number of nitrogens with zero attached hydrogens (tertiary/aromatic N) is 1. The molecule has 1 aliphatic heterocycles. The van der Waals surface area contributed by atoms with E-state index in [4.69, 9.17) is 9.47 Å². The number of hydrogen-bond acceptors (Lipinski definition) is 3. The van der Waals surface area contributed by atoms with Gasteiger partial charge in [-0.3, -0.25) is 4.79 Å². The van der Waals surface area contributed by atoms with Crippen LogP contribution in [0.25, 0.3) is 0 Å². The summed E-state index contributed by atoms with van der Waals surface area (Å²) in [6, 6.07) is 19.6. The topological polar surface area (TPSA) is 38.8 Å². The lowest BCUT2D eigenvalue weighted by Crippen LogP contribution is -2.47. The second-order valence-electron chi connectivity index (χ2n) is 5.62. The van der Waals surface area contributed by atoms with E-state index in [-0.39, 0.29) is 18.6 Å². The Morgan fingerprint density at radius 1 is 1.09 bits per heavy atom. The molecule has 4 heteroatoms. The number of amides is 1. The van der Waals surface area contributed by atoms with E-state index in [0.717, 1.165) is 12.2 Å². The largest absolute Gasteiger partial charge is 0.484 e. The molecule has 3 rings (SSSR count). The van der Waals surface area contributed by atoms with Gasteiger partial charge in [-0.1, -0.05) is 48.5 Å². The Kier molecular flexibility index (Phi) is 5.27. The SMILES string of the molecule is O=C(COc1ccccc1)N1CCO[C@H](Cc2ccccc2)C1. The highest BCUT2D eigenvalue weighted by Gasteiger charge is 2.24. The molecule has 0 unspecified atom stereocenters. The number of carbonyl (C=O) groups excluding carboxylic acids is 1. The van der Waals surface area contributed by atoms with Gasteiger partial charge in [-0.15, -0.1) is 0 Å². The lowest BCUT2D eigenvalue weighted by atomic mass is 10.1. The van der Waals surface area contributed by atoms with E-state index in [1.807, 2.05) is 53.4 Å². The van der Waals surface area contributed by atoms with Crippen LogP contribution in [0.3, 0.4) is 0 Å². The van der Waals surface area contributed by atoms with E-state index in [1.165, 1.54) is 5.56 Å². The van der Waals surface area contributed by atoms with Gasteiger partial charge in [0.2, 0.25) is 0 Å². The standard InChI is InChI=1S/C19H21NO3/c21-19(15-23-17-9-5-2-6-10-17)20-11-12-22-18(14-20)13-16-7-3-1-4-8-16/h1-10,18H,11-15H2/t18-/m1/s1. The quantitative estimate of drug-likeness (QED) is 0.852. The van der Waals surface area contributed by atoms with Crippen LogP contribution in [-0.4, -0.2) is 43.2 Å². The van der Waals surface area contributed by atoms with E-state index in [0.29, 0.717) is 19.7 Å². The molecule has 1 aliphatic rings. The Morgan fingerprint density at radius 2 is 1.78 bits per heavy atom. The van der Waals surface area contributed by atoms with Crippen LogP contribution in [0.1, 0.15) is 5.56 Å². The lowest BCUT2D eigenvalue weighted by Gasteiger charge is -2.33. The summed E-state index contributed by atoms with van der Waals surface area (Å²) in [7, 11) is 0. The van der Waals surface area contributed by atoms with E-state index in [2.05, 4.69) is 12.1 Å². The zero-order chi connectivity index (χ0) is 15.9. The highest BCUT2D eigenvalue weighted by Crippen LogP contribution is 2.13. The molecule has 0 radical (unpaired) electrons. The first-order valence-corrected chi connectivity index (χ1v) is 7.92. The van der Waals surface area contributed by atoms with Crippen molar-refractivity contribution in [1.82, 2.24) is 4.90 Å². The van der Waals surface area contributed by atoms with Crippen molar-refractivity contribution in [2.75, 3.05) is 26.3 Å². The maximum Gasteiger partial charge on any atom is 0.260 e. The predicted octanol–water partition coefficient (Wildman–Crippen LogP) is 2.54. The molecule has 0 aromatic heterocycles. The minimum Gasteiger partial charge on any atom is -0.484 e. The average molecular weight is 311 g/mol. The number of para-hydroxylation sites is 1. The zero-order valence-electron chi connectivity index (χ0n) is 13.1. The van der Waals surface area contributed by atoms with Gasteiger partial charge >= 0.3 is 0 Å². The third-order valence-electron chi connectivity index (χ3n) is 3.90. The normalized spacial score (nSPS) is 17.7. The highest BCUT2D eigenvalue weighted by molar-refractivity contribution is 5.77. The minimum atomic E-state index is 0.00946. The summed E-state index contributed by atoms with van der Waals surface area (Å²) in [4.78, 5) is 14.1.